The fraction of sp³-hybridized carbons (Fsp3) is 0.316. The van der Waals surface area contributed by atoms with Gasteiger partial charge in [0.25, 0.3) is 0 Å². The molecule has 2 amide bonds. The SMILES string of the molecule is O=C(Nc1ccc(F)c(F)c1)N1CCN(c2ccc3c(c2)OCCO3)CC1. The second kappa shape index (κ2) is 7.30. The molecule has 1 N–H and O–H groups in total. The lowest BCUT2D eigenvalue weighted by Gasteiger charge is -2.36. The number of piperazine rings is 1. The molecule has 0 bridgehead atoms. The highest BCUT2D eigenvalue weighted by molar-refractivity contribution is 5.89. The number of hydrogen-bond acceptors (Lipinski definition) is 4. The predicted molar refractivity (Wildman–Crippen MR) is 96.6 cm³/mol. The van der Waals surface area contributed by atoms with Crippen LogP contribution in [0.1, 0.15) is 0 Å². The largest absolute Gasteiger partial charge is 0.486 e. The number of ether oxygens (including phenoxy) is 2. The average Bonchev–Trinajstić information content (AvgIpc) is 2.70. The Kier molecular flexibility index (Phi) is 4.70. The van der Waals surface area contributed by atoms with E-state index in [1.54, 1.807) is 4.90 Å². The van der Waals surface area contributed by atoms with E-state index in [9.17, 15) is 13.6 Å². The minimum Gasteiger partial charge on any atom is -0.486 e. The fourth-order valence-electron chi connectivity index (χ4n) is 3.17. The van der Waals surface area contributed by atoms with Crippen LogP contribution < -0.4 is 19.7 Å². The van der Waals surface area contributed by atoms with Crippen LogP contribution in [-0.2, 0) is 0 Å². The third-order valence-corrected chi connectivity index (χ3v) is 4.63. The van der Waals surface area contributed by atoms with Gasteiger partial charge in [-0.3, -0.25) is 0 Å². The molecule has 27 heavy (non-hydrogen) atoms. The van der Waals surface area contributed by atoms with Gasteiger partial charge in [0.05, 0.1) is 0 Å². The summed E-state index contributed by atoms with van der Waals surface area (Å²) in [6.45, 7) is 3.44. The maximum absolute atomic E-state index is 13.3. The molecule has 1 fully saturated rings. The Bertz CT molecular complexity index is 854. The number of carbonyl (C=O) groups is 1. The van der Waals surface area contributed by atoms with Gasteiger partial charge in [0.15, 0.2) is 23.1 Å². The van der Waals surface area contributed by atoms with Gasteiger partial charge in [0.2, 0.25) is 0 Å². The van der Waals surface area contributed by atoms with Crippen molar-refractivity contribution in [2.24, 2.45) is 0 Å². The van der Waals surface area contributed by atoms with E-state index in [0.29, 0.717) is 39.4 Å². The molecule has 0 saturated carbocycles. The zero-order valence-corrected chi connectivity index (χ0v) is 14.6. The lowest BCUT2D eigenvalue weighted by Crippen LogP contribution is -2.50. The van der Waals surface area contributed by atoms with E-state index in [-0.39, 0.29) is 11.7 Å². The van der Waals surface area contributed by atoms with Gasteiger partial charge < -0.3 is 24.6 Å². The van der Waals surface area contributed by atoms with Crippen molar-refractivity contribution in [3.05, 3.63) is 48.0 Å². The van der Waals surface area contributed by atoms with Crippen LogP contribution in [0.25, 0.3) is 0 Å². The molecule has 0 radical (unpaired) electrons. The Labute approximate surface area is 155 Å². The Hall–Kier alpha value is -3.03. The summed E-state index contributed by atoms with van der Waals surface area (Å²) in [5.74, 6) is -0.455. The number of amides is 2. The van der Waals surface area contributed by atoms with Crippen LogP contribution in [0.4, 0.5) is 25.0 Å². The molecule has 142 valence electrons. The van der Waals surface area contributed by atoms with Crippen molar-refractivity contribution in [2.75, 3.05) is 49.6 Å². The molecular formula is C19H19F2N3O3. The number of urea groups is 1. The molecule has 2 aromatic carbocycles. The van der Waals surface area contributed by atoms with E-state index in [1.165, 1.54) is 6.07 Å². The monoisotopic (exact) mass is 375 g/mol. The fourth-order valence-corrected chi connectivity index (χ4v) is 3.17. The lowest BCUT2D eigenvalue weighted by molar-refractivity contribution is 0.171. The van der Waals surface area contributed by atoms with E-state index >= 15 is 0 Å². The minimum atomic E-state index is -0.990. The summed E-state index contributed by atoms with van der Waals surface area (Å²) < 4.78 is 37.4. The van der Waals surface area contributed by atoms with Gasteiger partial charge in [-0.2, -0.15) is 0 Å². The van der Waals surface area contributed by atoms with Gasteiger partial charge in [-0.1, -0.05) is 0 Å². The molecule has 0 atom stereocenters. The minimum absolute atomic E-state index is 0.230. The number of nitrogens with zero attached hydrogens (tertiary/aromatic N) is 2. The number of halogens is 2. The second-order valence-electron chi connectivity index (χ2n) is 6.36. The molecule has 2 aromatic rings. The molecule has 0 aliphatic carbocycles. The Morgan fingerprint density at radius 1 is 0.889 bits per heavy atom. The van der Waals surface area contributed by atoms with Gasteiger partial charge >= 0.3 is 6.03 Å². The summed E-state index contributed by atoms with van der Waals surface area (Å²) in [5.41, 5.74) is 1.24. The highest BCUT2D eigenvalue weighted by Crippen LogP contribution is 2.34. The van der Waals surface area contributed by atoms with Crippen LogP contribution in [0.15, 0.2) is 36.4 Å². The van der Waals surface area contributed by atoms with Crippen LogP contribution in [0, 0.1) is 11.6 Å². The molecule has 6 nitrogen and oxygen atoms in total. The summed E-state index contributed by atoms with van der Waals surface area (Å²) in [5, 5.41) is 2.60. The third kappa shape index (κ3) is 3.74. The molecule has 2 aliphatic heterocycles. The molecule has 0 unspecified atom stereocenters. The van der Waals surface area contributed by atoms with E-state index in [1.807, 2.05) is 18.2 Å². The molecule has 4 rings (SSSR count). The van der Waals surface area contributed by atoms with Crippen molar-refractivity contribution in [1.29, 1.82) is 0 Å². The first-order chi connectivity index (χ1) is 13.1. The summed E-state index contributed by atoms with van der Waals surface area (Å²) >= 11 is 0. The van der Waals surface area contributed by atoms with E-state index in [4.69, 9.17) is 9.47 Å². The van der Waals surface area contributed by atoms with Crippen LogP contribution in [0.5, 0.6) is 11.5 Å². The molecule has 2 heterocycles. The Balaban J connectivity index is 1.35. The van der Waals surface area contributed by atoms with E-state index in [2.05, 4.69) is 10.2 Å². The van der Waals surface area contributed by atoms with Gasteiger partial charge in [-0.25, -0.2) is 13.6 Å². The molecule has 1 saturated heterocycles. The first-order valence-corrected chi connectivity index (χ1v) is 8.76. The zero-order chi connectivity index (χ0) is 18.8. The topological polar surface area (TPSA) is 54.0 Å². The lowest BCUT2D eigenvalue weighted by atomic mass is 10.2. The summed E-state index contributed by atoms with van der Waals surface area (Å²) in [6.07, 6.45) is 0. The Morgan fingerprint density at radius 3 is 2.37 bits per heavy atom. The maximum atomic E-state index is 13.3. The van der Waals surface area contributed by atoms with Gasteiger partial charge in [-0.15, -0.1) is 0 Å². The second-order valence-corrected chi connectivity index (χ2v) is 6.36. The van der Waals surface area contributed by atoms with Crippen LogP contribution in [-0.4, -0.2) is 50.3 Å². The van der Waals surface area contributed by atoms with Gasteiger partial charge in [0, 0.05) is 49.7 Å². The predicted octanol–water partition coefficient (Wildman–Crippen LogP) is 3.09. The van der Waals surface area contributed by atoms with Crippen LogP contribution in [0.3, 0.4) is 0 Å². The third-order valence-electron chi connectivity index (χ3n) is 4.63. The molecule has 8 heteroatoms. The van der Waals surface area contributed by atoms with Gasteiger partial charge in [0.1, 0.15) is 13.2 Å². The molecule has 0 aromatic heterocycles. The molecular weight excluding hydrogens is 356 g/mol. The highest BCUT2D eigenvalue weighted by atomic mass is 19.2. The summed E-state index contributed by atoms with van der Waals surface area (Å²) in [7, 11) is 0. The van der Waals surface area contributed by atoms with Crippen molar-refractivity contribution in [3.63, 3.8) is 0 Å². The van der Waals surface area contributed by atoms with Crippen molar-refractivity contribution in [1.82, 2.24) is 4.90 Å². The van der Waals surface area contributed by atoms with Crippen molar-refractivity contribution < 1.29 is 23.0 Å². The summed E-state index contributed by atoms with van der Waals surface area (Å²) in [4.78, 5) is 16.2. The van der Waals surface area contributed by atoms with Crippen LogP contribution >= 0.6 is 0 Å². The zero-order valence-electron chi connectivity index (χ0n) is 14.6. The molecule has 0 spiro atoms. The average molecular weight is 375 g/mol. The number of rotatable bonds is 2. The number of nitrogens with one attached hydrogen (secondary N) is 1. The quantitative estimate of drug-likeness (QED) is 0.877. The van der Waals surface area contributed by atoms with E-state index in [0.717, 1.165) is 29.3 Å². The number of hydrogen-bond donors (Lipinski definition) is 1. The van der Waals surface area contributed by atoms with Crippen molar-refractivity contribution >= 4 is 17.4 Å². The van der Waals surface area contributed by atoms with Crippen molar-refractivity contribution in [2.45, 2.75) is 0 Å². The number of anilines is 2. The normalized spacial score (nSPS) is 16.2. The molecule has 2 aliphatic rings. The first kappa shape index (κ1) is 17.4. The highest BCUT2D eigenvalue weighted by Gasteiger charge is 2.23. The smallest absolute Gasteiger partial charge is 0.321 e. The maximum Gasteiger partial charge on any atom is 0.321 e. The Morgan fingerprint density at radius 2 is 1.63 bits per heavy atom. The number of carbonyl (C=O) groups excluding carboxylic acids is 1. The number of fused-ring (bicyclic) bond motifs is 1. The summed E-state index contributed by atoms with van der Waals surface area (Å²) in [6, 6.07) is 8.79. The van der Waals surface area contributed by atoms with Crippen LogP contribution in [0.2, 0.25) is 0 Å². The van der Waals surface area contributed by atoms with Crippen molar-refractivity contribution in [3.8, 4) is 11.5 Å². The number of benzene rings is 2. The first-order valence-electron chi connectivity index (χ1n) is 8.76. The van der Waals surface area contributed by atoms with Gasteiger partial charge in [-0.05, 0) is 24.3 Å². The van der Waals surface area contributed by atoms with E-state index < -0.39 is 11.6 Å². The standard InChI is InChI=1S/C19H19F2N3O3/c20-15-3-1-13(11-16(15)21)22-19(25)24-7-5-23(6-8-24)14-2-4-17-18(12-14)27-10-9-26-17/h1-4,11-12H,5-10H2,(H,22,25).